The first-order valence-corrected chi connectivity index (χ1v) is 8.86. The van der Waals surface area contributed by atoms with Gasteiger partial charge in [-0.15, -0.1) is 0 Å². The minimum atomic E-state index is -0.441. The van der Waals surface area contributed by atoms with Crippen LogP contribution in [0.25, 0.3) is 0 Å². The van der Waals surface area contributed by atoms with E-state index in [9.17, 15) is 4.79 Å². The predicted octanol–water partition coefficient (Wildman–Crippen LogP) is 4.34. The molecule has 4 heteroatoms. The number of ether oxygens (including phenoxy) is 1. The summed E-state index contributed by atoms with van der Waals surface area (Å²) in [5, 5.41) is 6.50. The average Bonchev–Trinajstić information content (AvgIpc) is 2.36. The summed E-state index contributed by atoms with van der Waals surface area (Å²) in [4.78, 5) is 11.7. The van der Waals surface area contributed by atoms with Crippen molar-refractivity contribution in [3.05, 3.63) is 0 Å². The average molecular weight is 315 g/mol. The van der Waals surface area contributed by atoms with E-state index in [1.165, 1.54) is 25.7 Å². The van der Waals surface area contributed by atoms with Crippen molar-refractivity contribution in [2.24, 2.45) is 11.8 Å². The normalized spacial score (nSPS) is 14.7. The maximum atomic E-state index is 11.7. The molecule has 2 N–H and O–H groups in total. The van der Waals surface area contributed by atoms with Gasteiger partial charge < -0.3 is 15.4 Å². The summed E-state index contributed by atoms with van der Waals surface area (Å²) in [5.41, 5.74) is -0.441. The van der Waals surface area contributed by atoms with Crippen LogP contribution in [0, 0.1) is 11.8 Å². The fourth-order valence-electron chi connectivity index (χ4n) is 2.23. The van der Waals surface area contributed by atoms with Crippen molar-refractivity contribution in [1.29, 1.82) is 0 Å². The highest BCUT2D eigenvalue weighted by Gasteiger charge is 2.19. The first-order chi connectivity index (χ1) is 10.2. The Kier molecular flexibility index (Phi) is 10.5. The van der Waals surface area contributed by atoms with Crippen LogP contribution in [0.3, 0.4) is 0 Å². The van der Waals surface area contributed by atoms with Gasteiger partial charge in [-0.1, -0.05) is 40.0 Å². The standard InChI is InChI=1S/C18H38N2O2/c1-8-9-10-11-15(4)19-12-16(14(2)3)13-20-17(21)22-18(5,6)7/h14-16,19H,8-13H2,1-7H3,(H,20,21). The molecule has 0 aliphatic carbocycles. The third kappa shape index (κ3) is 11.8. The third-order valence-electron chi connectivity index (χ3n) is 3.82. The minimum absolute atomic E-state index is 0.325. The van der Waals surface area contributed by atoms with Gasteiger partial charge >= 0.3 is 6.09 Å². The lowest BCUT2D eigenvalue weighted by molar-refractivity contribution is 0.0514. The number of carbonyl (C=O) groups is 1. The van der Waals surface area contributed by atoms with Crippen LogP contribution >= 0.6 is 0 Å². The van der Waals surface area contributed by atoms with Gasteiger partial charge in [-0.3, -0.25) is 0 Å². The number of carbonyl (C=O) groups excluding carboxylic acids is 1. The fraction of sp³-hybridized carbons (Fsp3) is 0.944. The molecule has 0 heterocycles. The zero-order valence-electron chi connectivity index (χ0n) is 15.8. The second-order valence-corrected chi connectivity index (χ2v) is 7.69. The Morgan fingerprint density at radius 1 is 1.09 bits per heavy atom. The van der Waals surface area contributed by atoms with E-state index in [0.717, 1.165) is 6.54 Å². The van der Waals surface area contributed by atoms with E-state index in [-0.39, 0.29) is 6.09 Å². The van der Waals surface area contributed by atoms with Gasteiger partial charge in [-0.05, 0) is 46.0 Å². The van der Waals surface area contributed by atoms with Gasteiger partial charge in [0.05, 0.1) is 0 Å². The summed E-state index contributed by atoms with van der Waals surface area (Å²) in [5.74, 6) is 0.937. The van der Waals surface area contributed by atoms with Gasteiger partial charge in [0, 0.05) is 19.1 Å². The molecule has 0 aromatic carbocycles. The molecule has 132 valence electrons. The lowest BCUT2D eigenvalue weighted by Crippen LogP contribution is -2.41. The topological polar surface area (TPSA) is 50.4 Å². The van der Waals surface area contributed by atoms with Crippen molar-refractivity contribution >= 4 is 6.09 Å². The molecule has 2 atom stereocenters. The summed E-state index contributed by atoms with van der Waals surface area (Å²) in [6, 6.07) is 0.536. The number of alkyl carbamates (subject to hydrolysis) is 1. The van der Waals surface area contributed by atoms with Crippen molar-refractivity contribution in [1.82, 2.24) is 10.6 Å². The van der Waals surface area contributed by atoms with Crippen LogP contribution in [-0.2, 0) is 4.74 Å². The first kappa shape index (κ1) is 21.2. The number of amides is 1. The summed E-state index contributed by atoms with van der Waals surface area (Å²) in [7, 11) is 0. The molecule has 0 aliphatic heterocycles. The van der Waals surface area contributed by atoms with Crippen LogP contribution in [0.15, 0.2) is 0 Å². The van der Waals surface area contributed by atoms with Crippen molar-refractivity contribution in [3.63, 3.8) is 0 Å². The zero-order valence-corrected chi connectivity index (χ0v) is 15.8. The van der Waals surface area contributed by atoms with Crippen molar-refractivity contribution in [2.45, 2.75) is 85.8 Å². The highest BCUT2D eigenvalue weighted by molar-refractivity contribution is 5.67. The smallest absolute Gasteiger partial charge is 0.407 e. The molecule has 0 radical (unpaired) electrons. The Bertz CT molecular complexity index is 298. The highest BCUT2D eigenvalue weighted by atomic mass is 16.6. The third-order valence-corrected chi connectivity index (χ3v) is 3.82. The molecule has 0 rings (SSSR count). The molecule has 0 spiro atoms. The quantitative estimate of drug-likeness (QED) is 0.590. The van der Waals surface area contributed by atoms with E-state index < -0.39 is 5.60 Å². The molecular weight excluding hydrogens is 276 g/mol. The van der Waals surface area contributed by atoms with Crippen molar-refractivity contribution in [3.8, 4) is 0 Å². The van der Waals surface area contributed by atoms with Gasteiger partial charge in [0.15, 0.2) is 0 Å². The first-order valence-electron chi connectivity index (χ1n) is 8.86. The second-order valence-electron chi connectivity index (χ2n) is 7.69. The van der Waals surface area contributed by atoms with Crippen LogP contribution in [0.2, 0.25) is 0 Å². The van der Waals surface area contributed by atoms with E-state index in [0.29, 0.717) is 24.4 Å². The SMILES string of the molecule is CCCCCC(C)NCC(CNC(=O)OC(C)(C)C)C(C)C. The molecular formula is C18H38N2O2. The predicted molar refractivity (Wildman–Crippen MR) is 94.2 cm³/mol. The Labute approximate surface area is 137 Å². The largest absolute Gasteiger partial charge is 0.444 e. The molecule has 0 saturated carbocycles. The molecule has 1 amide bonds. The lowest BCUT2D eigenvalue weighted by atomic mass is 9.95. The maximum Gasteiger partial charge on any atom is 0.407 e. The van der Waals surface area contributed by atoms with E-state index >= 15 is 0 Å². The minimum Gasteiger partial charge on any atom is -0.444 e. The van der Waals surface area contributed by atoms with Crippen LogP contribution < -0.4 is 10.6 Å². The summed E-state index contributed by atoms with van der Waals surface area (Å²) < 4.78 is 5.29. The molecule has 0 aromatic heterocycles. The van der Waals surface area contributed by atoms with Crippen molar-refractivity contribution in [2.75, 3.05) is 13.1 Å². The van der Waals surface area contributed by atoms with E-state index in [1.54, 1.807) is 0 Å². The fourth-order valence-corrected chi connectivity index (χ4v) is 2.23. The Morgan fingerprint density at radius 3 is 2.23 bits per heavy atom. The summed E-state index contributed by atoms with van der Waals surface area (Å²) >= 11 is 0. The van der Waals surface area contributed by atoms with Crippen LogP contribution in [-0.4, -0.2) is 30.8 Å². The van der Waals surface area contributed by atoms with E-state index in [1.807, 2.05) is 20.8 Å². The molecule has 22 heavy (non-hydrogen) atoms. The van der Waals surface area contributed by atoms with Gasteiger partial charge in [0.2, 0.25) is 0 Å². The van der Waals surface area contributed by atoms with Gasteiger partial charge in [0.1, 0.15) is 5.60 Å². The van der Waals surface area contributed by atoms with Crippen LogP contribution in [0.1, 0.15) is 74.1 Å². The number of unbranched alkanes of at least 4 members (excludes halogenated alkanes) is 2. The molecule has 2 unspecified atom stereocenters. The maximum absolute atomic E-state index is 11.7. The molecule has 0 bridgehead atoms. The highest BCUT2D eigenvalue weighted by Crippen LogP contribution is 2.11. The van der Waals surface area contributed by atoms with E-state index in [2.05, 4.69) is 38.3 Å². The van der Waals surface area contributed by atoms with Crippen LogP contribution in [0.4, 0.5) is 4.79 Å². The Balaban J connectivity index is 4.08. The molecule has 0 fully saturated rings. The van der Waals surface area contributed by atoms with Crippen molar-refractivity contribution < 1.29 is 9.53 Å². The molecule has 0 aromatic rings. The molecule has 0 saturated heterocycles. The van der Waals surface area contributed by atoms with Crippen LogP contribution in [0.5, 0.6) is 0 Å². The number of hydrogen-bond acceptors (Lipinski definition) is 3. The summed E-state index contributed by atoms with van der Waals surface area (Å²) in [6.07, 6.45) is 4.75. The molecule has 0 aliphatic rings. The molecule has 4 nitrogen and oxygen atoms in total. The van der Waals surface area contributed by atoms with Gasteiger partial charge in [-0.25, -0.2) is 4.79 Å². The van der Waals surface area contributed by atoms with Gasteiger partial charge in [0.25, 0.3) is 0 Å². The number of hydrogen-bond donors (Lipinski definition) is 2. The Morgan fingerprint density at radius 2 is 1.73 bits per heavy atom. The van der Waals surface area contributed by atoms with E-state index in [4.69, 9.17) is 4.74 Å². The summed E-state index contributed by atoms with van der Waals surface area (Å²) in [6.45, 7) is 16.1. The second kappa shape index (κ2) is 10.9. The number of rotatable bonds is 10. The zero-order chi connectivity index (χ0) is 17.2. The monoisotopic (exact) mass is 314 g/mol. The lowest BCUT2D eigenvalue weighted by Gasteiger charge is -2.25. The van der Waals surface area contributed by atoms with Gasteiger partial charge in [-0.2, -0.15) is 0 Å². The number of nitrogens with one attached hydrogen (secondary N) is 2. The Hall–Kier alpha value is -0.770.